The first kappa shape index (κ1) is 28.3. The first-order valence-corrected chi connectivity index (χ1v) is 12.7. The number of aliphatic hydroxyl groups excluding tert-OH is 1. The summed E-state index contributed by atoms with van der Waals surface area (Å²) in [5.41, 5.74) is 0.739. The number of likely N-dealkylation sites (tertiary alicyclic amines) is 1. The van der Waals surface area contributed by atoms with Gasteiger partial charge >= 0.3 is 6.18 Å². The van der Waals surface area contributed by atoms with Gasteiger partial charge in [-0.15, -0.1) is 0 Å². The number of benzene rings is 2. The van der Waals surface area contributed by atoms with Gasteiger partial charge in [0.1, 0.15) is 0 Å². The van der Waals surface area contributed by atoms with E-state index in [0.717, 1.165) is 44.1 Å². The summed E-state index contributed by atoms with van der Waals surface area (Å²) in [6.45, 7) is 2.31. The molecule has 0 saturated carbocycles. The minimum Gasteiger partial charge on any atom is -0.395 e. The second-order valence-electron chi connectivity index (χ2n) is 8.23. The van der Waals surface area contributed by atoms with Gasteiger partial charge in [0.15, 0.2) is 0 Å². The Labute approximate surface area is 225 Å². The van der Waals surface area contributed by atoms with Crippen LogP contribution >= 0.6 is 50.7 Å². The number of amides is 1. The number of halogens is 7. The Hall–Kier alpha value is -1.29. The predicted molar refractivity (Wildman–Crippen MR) is 137 cm³/mol. The van der Waals surface area contributed by atoms with Crippen LogP contribution in [0.2, 0.25) is 15.1 Å². The van der Waals surface area contributed by atoms with E-state index in [1.165, 1.54) is 6.08 Å². The van der Waals surface area contributed by atoms with Gasteiger partial charge in [0.2, 0.25) is 0 Å². The summed E-state index contributed by atoms with van der Waals surface area (Å²) in [6, 6.07) is 7.05. The minimum absolute atomic E-state index is 0.00417. The molecule has 11 heteroatoms. The van der Waals surface area contributed by atoms with Crippen LogP contribution in [0.1, 0.15) is 40.2 Å². The van der Waals surface area contributed by atoms with Crippen molar-refractivity contribution in [2.45, 2.75) is 31.0 Å². The highest BCUT2D eigenvalue weighted by Gasteiger charge is 2.39. The Morgan fingerprint density at radius 2 is 1.80 bits per heavy atom. The molecule has 2 aromatic carbocycles. The lowest BCUT2D eigenvalue weighted by Gasteiger charge is -2.31. The summed E-state index contributed by atoms with van der Waals surface area (Å²) in [5.74, 6) is -2.21. The van der Waals surface area contributed by atoms with Crippen LogP contribution in [0, 0.1) is 0 Å². The molecule has 0 radical (unpaired) electrons. The zero-order valence-electron chi connectivity index (χ0n) is 18.4. The Bertz CT molecular complexity index is 1070. The van der Waals surface area contributed by atoms with Crippen LogP contribution in [-0.2, 0) is 0 Å². The number of alkyl halides is 3. The normalized spacial score (nSPS) is 16.6. The number of hydrogen-bond acceptors (Lipinski definition) is 3. The molecule has 4 nitrogen and oxygen atoms in total. The number of rotatable bonds is 7. The highest BCUT2D eigenvalue weighted by atomic mass is 79.9. The summed E-state index contributed by atoms with van der Waals surface area (Å²) < 4.78 is 41.8. The Morgan fingerprint density at radius 1 is 1.17 bits per heavy atom. The monoisotopic (exact) mass is 612 g/mol. The summed E-state index contributed by atoms with van der Waals surface area (Å²) in [5, 5.41) is 11.9. The summed E-state index contributed by atoms with van der Waals surface area (Å²) >= 11 is 21.1. The van der Waals surface area contributed by atoms with Gasteiger partial charge in [-0.2, -0.15) is 13.2 Å². The Morgan fingerprint density at radius 3 is 2.34 bits per heavy atom. The van der Waals surface area contributed by atoms with E-state index in [-0.39, 0.29) is 39.2 Å². The van der Waals surface area contributed by atoms with Gasteiger partial charge in [0, 0.05) is 30.1 Å². The Balaban J connectivity index is 1.72. The molecule has 2 N–H and O–H groups in total. The average Bonchev–Trinajstić information content (AvgIpc) is 2.78. The molecular formula is C24H23BrCl3F3N2O2. The standard InChI is InChI=1S/C24H23BrCl3F3N2O2/c25-19-11-14(1-3-17(19)23(35)32-16-5-7-33(8-6-16)9-10-34)2-4-18(24(29,30)31)15-12-20(26)22(28)21(27)13-15/h1-4,11-13,16,18,34H,5-10H2,(H,32,35). The van der Waals surface area contributed by atoms with Crippen molar-refractivity contribution in [3.8, 4) is 0 Å². The van der Waals surface area contributed by atoms with Crippen LogP contribution in [0.5, 0.6) is 0 Å². The summed E-state index contributed by atoms with van der Waals surface area (Å²) in [7, 11) is 0. The van der Waals surface area contributed by atoms with Crippen molar-refractivity contribution in [1.82, 2.24) is 10.2 Å². The van der Waals surface area contributed by atoms with Crippen molar-refractivity contribution in [2.75, 3.05) is 26.2 Å². The maximum atomic E-state index is 13.8. The van der Waals surface area contributed by atoms with E-state index in [4.69, 9.17) is 39.9 Å². The van der Waals surface area contributed by atoms with E-state index >= 15 is 0 Å². The third-order valence-electron chi connectivity index (χ3n) is 5.78. The number of carbonyl (C=O) groups is 1. The number of β-amino-alcohol motifs (C(OH)–C–C–N with tert-alkyl or cyclic N) is 1. The molecule has 0 bridgehead atoms. The van der Waals surface area contributed by atoms with Gasteiger partial charge in [-0.3, -0.25) is 4.79 Å². The number of aliphatic hydroxyl groups is 1. The topological polar surface area (TPSA) is 52.6 Å². The molecule has 1 amide bonds. The molecule has 1 saturated heterocycles. The SMILES string of the molecule is O=C(NC1CCN(CCO)CC1)c1ccc(C=CC(c2cc(Cl)c(Cl)c(Cl)c2)C(F)(F)F)cc1Br. The molecule has 190 valence electrons. The number of nitrogens with one attached hydrogen (secondary N) is 1. The third-order valence-corrected chi connectivity index (χ3v) is 7.63. The number of hydrogen-bond donors (Lipinski definition) is 2. The third kappa shape index (κ3) is 7.60. The van der Waals surface area contributed by atoms with E-state index in [9.17, 15) is 18.0 Å². The van der Waals surface area contributed by atoms with Gasteiger partial charge in [-0.25, -0.2) is 0 Å². The first-order chi connectivity index (χ1) is 16.5. The lowest BCUT2D eigenvalue weighted by Crippen LogP contribution is -2.45. The highest BCUT2D eigenvalue weighted by Crippen LogP contribution is 2.41. The molecule has 1 heterocycles. The van der Waals surface area contributed by atoms with E-state index < -0.39 is 12.1 Å². The minimum atomic E-state index is -4.58. The maximum absolute atomic E-state index is 13.8. The first-order valence-electron chi connectivity index (χ1n) is 10.8. The van der Waals surface area contributed by atoms with Gasteiger partial charge in [-0.1, -0.05) is 53.0 Å². The van der Waals surface area contributed by atoms with Crippen LogP contribution in [0.3, 0.4) is 0 Å². The Kier molecular flexibility index (Phi) is 9.94. The van der Waals surface area contributed by atoms with Crippen molar-refractivity contribution >= 4 is 62.7 Å². The fraction of sp³-hybridized carbons (Fsp3) is 0.375. The van der Waals surface area contributed by atoms with Crippen LogP contribution < -0.4 is 5.32 Å². The van der Waals surface area contributed by atoms with Crippen LogP contribution in [0.4, 0.5) is 13.2 Å². The molecule has 0 aromatic heterocycles. The van der Waals surface area contributed by atoms with E-state index in [1.54, 1.807) is 18.2 Å². The van der Waals surface area contributed by atoms with Gasteiger partial charge in [0.25, 0.3) is 5.91 Å². The van der Waals surface area contributed by atoms with Gasteiger partial charge in [-0.05, 0) is 64.2 Å². The molecule has 1 aliphatic rings. The largest absolute Gasteiger partial charge is 0.399 e. The average molecular weight is 615 g/mol. The molecule has 2 aromatic rings. The fourth-order valence-corrected chi connectivity index (χ4v) is 5.09. The van der Waals surface area contributed by atoms with Crippen molar-refractivity contribution in [3.05, 3.63) is 72.6 Å². The molecule has 35 heavy (non-hydrogen) atoms. The molecule has 0 spiro atoms. The molecule has 1 aliphatic heterocycles. The summed E-state index contributed by atoms with van der Waals surface area (Å²) in [4.78, 5) is 14.9. The quantitative estimate of drug-likeness (QED) is 0.332. The highest BCUT2D eigenvalue weighted by molar-refractivity contribution is 9.10. The number of carbonyl (C=O) groups excluding carboxylic acids is 1. The predicted octanol–water partition coefficient (Wildman–Crippen LogP) is 6.96. The van der Waals surface area contributed by atoms with Crippen molar-refractivity contribution in [2.24, 2.45) is 0 Å². The van der Waals surface area contributed by atoms with Crippen molar-refractivity contribution in [3.63, 3.8) is 0 Å². The molecule has 1 atom stereocenters. The van der Waals surface area contributed by atoms with Crippen LogP contribution in [0.25, 0.3) is 6.08 Å². The molecule has 1 fully saturated rings. The zero-order chi connectivity index (χ0) is 25.8. The van der Waals surface area contributed by atoms with E-state index in [1.807, 2.05) is 0 Å². The zero-order valence-corrected chi connectivity index (χ0v) is 22.2. The maximum Gasteiger partial charge on any atom is 0.399 e. The molecule has 3 rings (SSSR count). The fourth-order valence-electron chi connectivity index (χ4n) is 3.90. The number of piperidine rings is 1. The second-order valence-corrected chi connectivity index (χ2v) is 10.3. The lowest BCUT2D eigenvalue weighted by atomic mass is 9.97. The number of nitrogens with zero attached hydrogens (tertiary/aromatic N) is 1. The van der Waals surface area contributed by atoms with Gasteiger partial charge < -0.3 is 15.3 Å². The van der Waals surface area contributed by atoms with E-state index in [2.05, 4.69) is 26.1 Å². The van der Waals surface area contributed by atoms with Crippen molar-refractivity contribution in [1.29, 1.82) is 0 Å². The van der Waals surface area contributed by atoms with Crippen LogP contribution in [-0.4, -0.2) is 54.4 Å². The lowest BCUT2D eigenvalue weighted by molar-refractivity contribution is -0.139. The van der Waals surface area contributed by atoms with Crippen molar-refractivity contribution < 1.29 is 23.1 Å². The van der Waals surface area contributed by atoms with Crippen LogP contribution in [0.15, 0.2) is 40.9 Å². The molecular weight excluding hydrogens is 592 g/mol. The smallest absolute Gasteiger partial charge is 0.395 e. The van der Waals surface area contributed by atoms with Gasteiger partial charge in [0.05, 0.1) is 33.2 Å². The second kappa shape index (κ2) is 12.3. The number of allylic oxidation sites excluding steroid dienone is 1. The summed E-state index contributed by atoms with van der Waals surface area (Å²) in [6.07, 6.45) is -0.681. The molecule has 1 unspecified atom stereocenters. The van der Waals surface area contributed by atoms with E-state index in [0.29, 0.717) is 22.1 Å². The molecule has 0 aliphatic carbocycles.